The molecule has 142 valence electrons. The number of piperazine rings is 1. The van der Waals surface area contributed by atoms with Crippen molar-refractivity contribution in [3.63, 3.8) is 0 Å². The zero-order valence-electron chi connectivity index (χ0n) is 15.1. The Bertz CT molecular complexity index is 933. The van der Waals surface area contributed by atoms with Crippen LogP contribution >= 0.6 is 22.9 Å². The monoisotopic (exact) mass is 405 g/mol. The van der Waals surface area contributed by atoms with Gasteiger partial charge in [0.15, 0.2) is 10.9 Å². The van der Waals surface area contributed by atoms with Crippen LogP contribution in [-0.2, 0) is 0 Å². The summed E-state index contributed by atoms with van der Waals surface area (Å²) in [7, 11) is 0. The first-order valence-corrected chi connectivity index (χ1v) is 10.3. The van der Waals surface area contributed by atoms with Gasteiger partial charge in [0.25, 0.3) is 5.91 Å². The largest absolute Gasteiger partial charge is 0.459 e. The van der Waals surface area contributed by atoms with Crippen molar-refractivity contribution < 1.29 is 14.1 Å². The van der Waals surface area contributed by atoms with Gasteiger partial charge >= 0.3 is 0 Å². The molecule has 0 aliphatic carbocycles. The maximum Gasteiger partial charge on any atom is 0.287 e. The zero-order chi connectivity index (χ0) is 18.8. The van der Waals surface area contributed by atoms with Gasteiger partial charge in [0.2, 0.25) is 0 Å². The molecule has 0 bridgehead atoms. The van der Waals surface area contributed by atoms with Gasteiger partial charge in [-0.3, -0.25) is 4.79 Å². The summed E-state index contributed by atoms with van der Waals surface area (Å²) in [6, 6.07) is 7.39. The number of thiazole rings is 1. The predicted octanol–water partition coefficient (Wildman–Crippen LogP) is 1.99. The summed E-state index contributed by atoms with van der Waals surface area (Å²) in [6.07, 6.45) is 1.51. The Hall–Kier alpha value is -2.09. The molecule has 1 aromatic carbocycles. The Kier molecular flexibility index (Phi) is 5.33. The van der Waals surface area contributed by atoms with Crippen LogP contribution in [0.4, 0.5) is 5.13 Å². The second-order valence-corrected chi connectivity index (χ2v) is 8.15. The minimum absolute atomic E-state index is 0.151. The van der Waals surface area contributed by atoms with Gasteiger partial charge in [-0.2, -0.15) is 0 Å². The summed E-state index contributed by atoms with van der Waals surface area (Å²) in [5.74, 6) is 0.211. The van der Waals surface area contributed by atoms with Crippen LogP contribution in [0.5, 0.6) is 0 Å². The summed E-state index contributed by atoms with van der Waals surface area (Å²) in [6.45, 7) is 7.58. The number of rotatable bonds is 5. The van der Waals surface area contributed by atoms with Crippen LogP contribution in [0, 0.1) is 6.92 Å². The molecule has 8 heteroatoms. The number of anilines is 1. The van der Waals surface area contributed by atoms with E-state index >= 15 is 0 Å². The zero-order valence-corrected chi connectivity index (χ0v) is 16.7. The van der Waals surface area contributed by atoms with Gasteiger partial charge in [0.05, 0.1) is 55.7 Å². The number of nitrogens with zero attached hydrogens (tertiary/aromatic N) is 2. The highest BCUT2D eigenvalue weighted by atomic mass is 35.5. The molecule has 1 saturated heterocycles. The predicted molar refractivity (Wildman–Crippen MR) is 108 cm³/mol. The molecule has 1 fully saturated rings. The van der Waals surface area contributed by atoms with E-state index in [0.717, 1.165) is 54.0 Å². The number of fused-ring (bicyclic) bond motifs is 1. The lowest BCUT2D eigenvalue weighted by Gasteiger charge is -2.31. The third kappa shape index (κ3) is 3.95. The van der Waals surface area contributed by atoms with Crippen molar-refractivity contribution in [1.82, 2.24) is 10.3 Å². The highest BCUT2D eigenvalue weighted by molar-refractivity contribution is 7.22. The Balaban J connectivity index is 1.29. The topological polar surface area (TPSA) is 62.8 Å². The van der Waals surface area contributed by atoms with E-state index in [1.165, 1.54) is 15.9 Å². The van der Waals surface area contributed by atoms with Crippen LogP contribution in [0.2, 0.25) is 5.02 Å². The summed E-state index contributed by atoms with van der Waals surface area (Å²) in [5.41, 5.74) is 2.06. The van der Waals surface area contributed by atoms with E-state index in [-0.39, 0.29) is 5.91 Å². The maximum absolute atomic E-state index is 11.9. The third-order valence-corrected chi connectivity index (χ3v) is 6.48. The third-order valence-electron chi connectivity index (χ3n) is 4.99. The first kappa shape index (κ1) is 18.3. The molecule has 2 N–H and O–H groups in total. The molecular formula is C19H22ClN4O2S+. The summed E-state index contributed by atoms with van der Waals surface area (Å²) in [4.78, 5) is 20.5. The van der Waals surface area contributed by atoms with Gasteiger partial charge in [-0.1, -0.05) is 22.9 Å². The summed E-state index contributed by atoms with van der Waals surface area (Å²) in [5, 5.41) is 4.75. The fourth-order valence-electron chi connectivity index (χ4n) is 3.34. The molecule has 1 aliphatic heterocycles. The smallest absolute Gasteiger partial charge is 0.287 e. The van der Waals surface area contributed by atoms with E-state index in [1.807, 2.05) is 13.0 Å². The number of carbonyl (C=O) groups excluding carboxylic acids is 1. The maximum atomic E-state index is 11.9. The van der Waals surface area contributed by atoms with Crippen LogP contribution in [0.15, 0.2) is 34.9 Å². The molecule has 0 radical (unpaired) electrons. The molecule has 2 aromatic heterocycles. The molecule has 3 heterocycles. The minimum atomic E-state index is -0.151. The molecular weight excluding hydrogens is 384 g/mol. The SMILES string of the molecule is Cc1c(Cl)ccc2sc(N3CC[NH+](CCNC(=O)c4ccco4)CC3)nc12. The normalized spacial score (nSPS) is 15.4. The Morgan fingerprint density at radius 2 is 2.19 bits per heavy atom. The van der Waals surface area contributed by atoms with Crippen LogP contribution in [0.1, 0.15) is 16.1 Å². The fourth-order valence-corrected chi connectivity index (χ4v) is 4.57. The number of hydrogen-bond donors (Lipinski definition) is 2. The van der Waals surface area contributed by atoms with E-state index in [9.17, 15) is 4.79 Å². The number of furan rings is 1. The lowest BCUT2D eigenvalue weighted by Crippen LogP contribution is -3.15. The fraction of sp³-hybridized carbons (Fsp3) is 0.368. The van der Waals surface area contributed by atoms with Crippen LogP contribution in [0.25, 0.3) is 10.2 Å². The number of quaternary nitrogens is 1. The van der Waals surface area contributed by atoms with Gasteiger partial charge < -0.3 is 19.5 Å². The number of aryl methyl sites for hydroxylation is 1. The summed E-state index contributed by atoms with van der Waals surface area (Å²) < 4.78 is 6.28. The van der Waals surface area contributed by atoms with Gasteiger partial charge in [-0.15, -0.1) is 0 Å². The molecule has 0 atom stereocenters. The van der Waals surface area contributed by atoms with Crippen LogP contribution < -0.4 is 15.1 Å². The van der Waals surface area contributed by atoms with Crippen molar-refractivity contribution in [2.45, 2.75) is 6.92 Å². The first-order valence-electron chi connectivity index (χ1n) is 9.07. The van der Waals surface area contributed by atoms with Crippen molar-refractivity contribution in [2.75, 3.05) is 44.2 Å². The van der Waals surface area contributed by atoms with E-state index in [4.69, 9.17) is 21.0 Å². The standard InChI is InChI=1S/C19H21ClN4O2S/c1-13-14(20)4-5-16-17(13)22-19(27-16)24-10-8-23(9-11-24)7-6-21-18(25)15-3-2-12-26-15/h2-5,12H,6-11H2,1H3,(H,21,25)/p+1. The Morgan fingerprint density at radius 3 is 2.93 bits per heavy atom. The average Bonchev–Trinajstić information content (AvgIpc) is 3.35. The number of carbonyl (C=O) groups is 1. The molecule has 0 unspecified atom stereocenters. The molecule has 3 aromatic rings. The van der Waals surface area contributed by atoms with Crippen molar-refractivity contribution in [3.05, 3.63) is 46.9 Å². The van der Waals surface area contributed by atoms with E-state index in [1.54, 1.807) is 23.5 Å². The average molecular weight is 406 g/mol. The number of hydrogen-bond acceptors (Lipinski definition) is 5. The van der Waals surface area contributed by atoms with Gasteiger partial charge in [-0.05, 0) is 36.8 Å². The molecule has 1 aliphatic rings. The summed E-state index contributed by atoms with van der Waals surface area (Å²) >= 11 is 7.94. The molecule has 6 nitrogen and oxygen atoms in total. The molecule has 0 spiro atoms. The van der Waals surface area contributed by atoms with Crippen molar-refractivity contribution in [1.29, 1.82) is 0 Å². The van der Waals surface area contributed by atoms with E-state index in [0.29, 0.717) is 12.3 Å². The van der Waals surface area contributed by atoms with Crippen molar-refractivity contribution in [3.8, 4) is 0 Å². The Morgan fingerprint density at radius 1 is 1.37 bits per heavy atom. The van der Waals surface area contributed by atoms with E-state index < -0.39 is 0 Å². The second-order valence-electron chi connectivity index (χ2n) is 6.74. The number of amides is 1. The van der Waals surface area contributed by atoms with Crippen molar-refractivity contribution in [2.24, 2.45) is 0 Å². The second kappa shape index (κ2) is 7.88. The van der Waals surface area contributed by atoms with Gasteiger partial charge in [-0.25, -0.2) is 4.98 Å². The number of benzene rings is 1. The molecule has 0 saturated carbocycles. The quantitative estimate of drug-likeness (QED) is 0.681. The minimum Gasteiger partial charge on any atom is -0.459 e. The highest BCUT2D eigenvalue weighted by Gasteiger charge is 2.23. The molecule has 27 heavy (non-hydrogen) atoms. The molecule has 4 rings (SSSR count). The van der Waals surface area contributed by atoms with Crippen LogP contribution in [-0.4, -0.2) is 50.2 Å². The molecule has 1 amide bonds. The van der Waals surface area contributed by atoms with Gasteiger partial charge in [0, 0.05) is 5.02 Å². The lowest BCUT2D eigenvalue weighted by molar-refractivity contribution is -0.899. The number of halogens is 1. The van der Waals surface area contributed by atoms with Crippen LogP contribution in [0.3, 0.4) is 0 Å². The first-order chi connectivity index (χ1) is 13.1. The lowest BCUT2D eigenvalue weighted by atomic mass is 10.2. The van der Waals surface area contributed by atoms with Crippen molar-refractivity contribution >= 4 is 44.2 Å². The number of aromatic nitrogens is 1. The van der Waals surface area contributed by atoms with Gasteiger partial charge in [0.1, 0.15) is 0 Å². The Labute approximate surface area is 166 Å². The highest BCUT2D eigenvalue weighted by Crippen LogP contribution is 2.33. The number of nitrogens with one attached hydrogen (secondary N) is 2. The van der Waals surface area contributed by atoms with E-state index in [2.05, 4.69) is 16.3 Å².